The summed E-state index contributed by atoms with van der Waals surface area (Å²) in [5.74, 6) is 0.485. The zero-order chi connectivity index (χ0) is 14.5. The van der Waals surface area contributed by atoms with Crippen LogP contribution in [-0.2, 0) is 0 Å². The minimum Gasteiger partial charge on any atom is -0.366 e. The normalized spacial score (nSPS) is 18.6. The Kier molecular flexibility index (Phi) is 4.53. The van der Waals surface area contributed by atoms with Crippen LogP contribution in [0.3, 0.4) is 0 Å². The molecule has 0 radical (unpaired) electrons. The molecular formula is C14H18N4O2. The van der Waals surface area contributed by atoms with Gasteiger partial charge in [0.1, 0.15) is 17.3 Å². The molecule has 0 bridgehead atoms. The van der Waals surface area contributed by atoms with Crippen molar-refractivity contribution in [3.63, 3.8) is 0 Å². The molecule has 1 aromatic rings. The number of anilines is 1. The third-order valence-corrected chi connectivity index (χ3v) is 3.67. The Morgan fingerprint density at radius 3 is 3.05 bits per heavy atom. The predicted octanol–water partition coefficient (Wildman–Crippen LogP) is 1.90. The molecule has 0 aliphatic carbocycles. The highest BCUT2D eigenvalue weighted by atomic mass is 16.6. The number of piperidine rings is 1. The highest BCUT2D eigenvalue weighted by molar-refractivity contribution is 5.70. The molecule has 0 spiro atoms. The summed E-state index contributed by atoms with van der Waals surface area (Å²) >= 11 is 0. The summed E-state index contributed by atoms with van der Waals surface area (Å²) in [7, 11) is 1.91. The first-order chi connectivity index (χ1) is 9.67. The zero-order valence-corrected chi connectivity index (χ0v) is 11.5. The van der Waals surface area contributed by atoms with Crippen molar-refractivity contribution in [1.29, 1.82) is 5.26 Å². The lowest BCUT2D eigenvalue weighted by atomic mass is 9.97. The molecule has 0 aromatic heterocycles. The third kappa shape index (κ3) is 2.89. The van der Waals surface area contributed by atoms with Gasteiger partial charge in [0.25, 0.3) is 0 Å². The molecule has 1 atom stereocenters. The fourth-order valence-corrected chi connectivity index (χ4v) is 2.81. The monoisotopic (exact) mass is 274 g/mol. The summed E-state index contributed by atoms with van der Waals surface area (Å²) in [4.78, 5) is 12.9. The van der Waals surface area contributed by atoms with Crippen LogP contribution >= 0.6 is 0 Å². The van der Waals surface area contributed by atoms with Gasteiger partial charge in [-0.3, -0.25) is 10.1 Å². The zero-order valence-electron chi connectivity index (χ0n) is 11.5. The predicted molar refractivity (Wildman–Crippen MR) is 76.7 cm³/mol. The van der Waals surface area contributed by atoms with Crippen molar-refractivity contribution in [2.24, 2.45) is 5.92 Å². The van der Waals surface area contributed by atoms with Gasteiger partial charge in [-0.15, -0.1) is 0 Å². The fourth-order valence-electron chi connectivity index (χ4n) is 2.81. The van der Waals surface area contributed by atoms with E-state index in [1.54, 1.807) is 12.1 Å². The molecule has 1 unspecified atom stereocenters. The van der Waals surface area contributed by atoms with Crippen molar-refractivity contribution in [1.82, 2.24) is 5.32 Å². The van der Waals surface area contributed by atoms with Crippen LogP contribution in [0.1, 0.15) is 18.4 Å². The van der Waals surface area contributed by atoms with Crippen LogP contribution in [0.15, 0.2) is 18.2 Å². The largest absolute Gasteiger partial charge is 0.366 e. The summed E-state index contributed by atoms with van der Waals surface area (Å²) in [5, 5.41) is 23.5. The Morgan fingerprint density at radius 2 is 2.40 bits per heavy atom. The Morgan fingerprint density at radius 1 is 1.60 bits per heavy atom. The van der Waals surface area contributed by atoms with Crippen LogP contribution in [0.2, 0.25) is 0 Å². The van der Waals surface area contributed by atoms with E-state index in [9.17, 15) is 10.1 Å². The summed E-state index contributed by atoms with van der Waals surface area (Å²) in [6, 6.07) is 6.86. The molecule has 6 nitrogen and oxygen atoms in total. The lowest BCUT2D eigenvalue weighted by Gasteiger charge is -2.34. The number of hydrogen-bond donors (Lipinski definition) is 1. The van der Waals surface area contributed by atoms with E-state index in [0.29, 0.717) is 11.6 Å². The molecule has 0 saturated carbocycles. The second kappa shape index (κ2) is 6.35. The van der Waals surface area contributed by atoms with Crippen molar-refractivity contribution >= 4 is 11.4 Å². The smallest absolute Gasteiger partial charge is 0.310 e. The summed E-state index contributed by atoms with van der Waals surface area (Å²) in [6.07, 6.45) is 2.14. The molecule has 1 aliphatic heterocycles. The molecule has 1 heterocycles. The van der Waals surface area contributed by atoms with E-state index < -0.39 is 4.92 Å². The number of benzene rings is 1. The van der Waals surface area contributed by atoms with E-state index in [-0.39, 0.29) is 11.3 Å². The number of nitriles is 1. The Labute approximate surface area is 118 Å². The van der Waals surface area contributed by atoms with E-state index in [0.717, 1.165) is 32.5 Å². The molecule has 0 amide bonds. The summed E-state index contributed by atoms with van der Waals surface area (Å²) < 4.78 is 0. The molecule has 1 saturated heterocycles. The molecule has 1 aliphatic rings. The minimum atomic E-state index is -0.449. The Balaban J connectivity index is 2.32. The summed E-state index contributed by atoms with van der Waals surface area (Å²) in [5.41, 5.74) is 0.623. The number of para-hydroxylation sites is 1. The van der Waals surface area contributed by atoms with Gasteiger partial charge >= 0.3 is 5.69 Å². The van der Waals surface area contributed by atoms with Gasteiger partial charge in [-0.25, -0.2) is 0 Å². The molecular weight excluding hydrogens is 256 g/mol. The summed E-state index contributed by atoms with van der Waals surface area (Å²) in [6.45, 7) is 2.49. The molecule has 1 fully saturated rings. The standard InChI is InChI=1S/C14H18N4O2/c1-16-9-11-4-3-7-17(10-11)13-6-2-5-12(8-15)14(13)18(19)20/h2,5-6,11,16H,3-4,7,9-10H2,1H3. The maximum atomic E-state index is 11.3. The Hall–Kier alpha value is -2.13. The molecule has 6 heteroatoms. The molecule has 106 valence electrons. The van der Waals surface area contributed by atoms with Crippen LogP contribution in [0, 0.1) is 27.4 Å². The highest BCUT2D eigenvalue weighted by Gasteiger charge is 2.27. The Bertz CT molecular complexity index is 536. The van der Waals surface area contributed by atoms with Gasteiger partial charge in [0.15, 0.2) is 0 Å². The number of nitro benzene ring substituents is 1. The number of nitrogens with one attached hydrogen (secondary N) is 1. The van der Waals surface area contributed by atoms with E-state index in [4.69, 9.17) is 5.26 Å². The topological polar surface area (TPSA) is 82.2 Å². The average molecular weight is 274 g/mol. The first-order valence-corrected chi connectivity index (χ1v) is 6.74. The van der Waals surface area contributed by atoms with Gasteiger partial charge in [0, 0.05) is 13.1 Å². The number of nitro groups is 1. The second-order valence-corrected chi connectivity index (χ2v) is 5.05. The molecule has 2 rings (SSSR count). The van der Waals surface area contributed by atoms with Crippen molar-refractivity contribution in [3.8, 4) is 6.07 Å². The number of nitrogens with zero attached hydrogens (tertiary/aromatic N) is 3. The number of hydrogen-bond acceptors (Lipinski definition) is 5. The maximum absolute atomic E-state index is 11.3. The lowest BCUT2D eigenvalue weighted by molar-refractivity contribution is -0.384. The van der Waals surface area contributed by atoms with Crippen molar-refractivity contribution < 1.29 is 4.92 Å². The second-order valence-electron chi connectivity index (χ2n) is 5.05. The number of rotatable bonds is 4. The van der Waals surface area contributed by atoms with Crippen LogP contribution in [0.4, 0.5) is 11.4 Å². The van der Waals surface area contributed by atoms with Crippen LogP contribution in [0.25, 0.3) is 0 Å². The van der Waals surface area contributed by atoms with Gasteiger partial charge in [0.2, 0.25) is 0 Å². The maximum Gasteiger partial charge on any atom is 0.310 e. The fraction of sp³-hybridized carbons (Fsp3) is 0.500. The molecule has 1 N–H and O–H groups in total. The van der Waals surface area contributed by atoms with E-state index in [1.807, 2.05) is 18.0 Å². The molecule has 1 aromatic carbocycles. The minimum absolute atomic E-state index is 0.0693. The van der Waals surface area contributed by atoms with Crippen molar-refractivity contribution in [2.75, 3.05) is 31.6 Å². The van der Waals surface area contributed by atoms with Gasteiger partial charge in [-0.05, 0) is 44.5 Å². The first-order valence-electron chi connectivity index (χ1n) is 6.74. The lowest BCUT2D eigenvalue weighted by Crippen LogP contribution is -2.39. The van der Waals surface area contributed by atoms with E-state index in [2.05, 4.69) is 5.32 Å². The average Bonchev–Trinajstić information content (AvgIpc) is 2.47. The van der Waals surface area contributed by atoms with E-state index in [1.165, 1.54) is 6.07 Å². The van der Waals surface area contributed by atoms with E-state index >= 15 is 0 Å². The van der Waals surface area contributed by atoms with Gasteiger partial charge in [-0.1, -0.05) is 6.07 Å². The quantitative estimate of drug-likeness (QED) is 0.670. The first kappa shape index (κ1) is 14.3. The van der Waals surface area contributed by atoms with Crippen molar-refractivity contribution in [2.45, 2.75) is 12.8 Å². The molecule has 20 heavy (non-hydrogen) atoms. The SMILES string of the molecule is CNCC1CCCN(c2cccc(C#N)c2[N+](=O)[O-])C1. The van der Waals surface area contributed by atoms with Gasteiger partial charge < -0.3 is 10.2 Å². The van der Waals surface area contributed by atoms with Gasteiger partial charge in [-0.2, -0.15) is 5.26 Å². The van der Waals surface area contributed by atoms with Crippen LogP contribution in [0.5, 0.6) is 0 Å². The van der Waals surface area contributed by atoms with Crippen LogP contribution in [-0.4, -0.2) is 31.6 Å². The van der Waals surface area contributed by atoms with Gasteiger partial charge in [0.05, 0.1) is 4.92 Å². The van der Waals surface area contributed by atoms with Crippen LogP contribution < -0.4 is 10.2 Å². The van der Waals surface area contributed by atoms with Crippen molar-refractivity contribution in [3.05, 3.63) is 33.9 Å². The highest BCUT2D eigenvalue weighted by Crippen LogP contribution is 2.33. The third-order valence-electron chi connectivity index (χ3n) is 3.67.